The average molecular weight is 236 g/mol. The van der Waals surface area contributed by atoms with Crippen molar-refractivity contribution < 1.29 is 5.11 Å². The number of aliphatic hydroxyl groups excluding tert-OH is 1. The van der Waals surface area contributed by atoms with Crippen molar-refractivity contribution in [3.63, 3.8) is 0 Å². The SMILES string of the molecule is Cc1cccc(C(CN)NC(C)CCCO)c1. The molecule has 17 heavy (non-hydrogen) atoms. The summed E-state index contributed by atoms with van der Waals surface area (Å²) in [6.45, 7) is 5.07. The van der Waals surface area contributed by atoms with Crippen LogP contribution in [-0.2, 0) is 0 Å². The van der Waals surface area contributed by atoms with Gasteiger partial charge in [0.2, 0.25) is 0 Å². The molecule has 0 saturated heterocycles. The largest absolute Gasteiger partial charge is 0.396 e. The molecule has 0 aromatic heterocycles. The number of nitrogens with two attached hydrogens (primary N) is 1. The Labute approximate surface area is 104 Å². The number of benzene rings is 1. The fourth-order valence-corrected chi connectivity index (χ4v) is 2.01. The highest BCUT2D eigenvalue weighted by atomic mass is 16.2. The van der Waals surface area contributed by atoms with E-state index in [1.165, 1.54) is 11.1 Å². The minimum Gasteiger partial charge on any atom is -0.396 e. The van der Waals surface area contributed by atoms with E-state index in [9.17, 15) is 0 Å². The van der Waals surface area contributed by atoms with Gasteiger partial charge in [0.05, 0.1) is 0 Å². The molecule has 0 fully saturated rings. The van der Waals surface area contributed by atoms with Crippen LogP contribution in [0.3, 0.4) is 0 Å². The van der Waals surface area contributed by atoms with Crippen molar-refractivity contribution >= 4 is 0 Å². The van der Waals surface area contributed by atoms with Crippen LogP contribution in [0, 0.1) is 6.92 Å². The second-order valence-corrected chi connectivity index (χ2v) is 4.64. The third kappa shape index (κ3) is 4.86. The molecule has 3 nitrogen and oxygen atoms in total. The van der Waals surface area contributed by atoms with E-state index in [1.807, 2.05) is 0 Å². The quantitative estimate of drug-likeness (QED) is 0.676. The first kappa shape index (κ1) is 14.2. The van der Waals surface area contributed by atoms with Gasteiger partial charge in [-0.2, -0.15) is 0 Å². The molecule has 3 heteroatoms. The van der Waals surface area contributed by atoms with Crippen LogP contribution in [-0.4, -0.2) is 24.3 Å². The minimum absolute atomic E-state index is 0.198. The van der Waals surface area contributed by atoms with E-state index in [2.05, 4.69) is 43.4 Å². The maximum Gasteiger partial charge on any atom is 0.0446 e. The molecule has 0 amide bonds. The summed E-state index contributed by atoms with van der Waals surface area (Å²) in [7, 11) is 0. The molecule has 0 aliphatic carbocycles. The Morgan fingerprint density at radius 3 is 2.76 bits per heavy atom. The van der Waals surface area contributed by atoms with E-state index in [4.69, 9.17) is 10.8 Å². The summed E-state index contributed by atoms with van der Waals surface area (Å²) in [5.41, 5.74) is 8.31. The van der Waals surface area contributed by atoms with E-state index in [1.54, 1.807) is 0 Å². The van der Waals surface area contributed by atoms with Crippen molar-refractivity contribution in [2.75, 3.05) is 13.2 Å². The lowest BCUT2D eigenvalue weighted by Gasteiger charge is -2.22. The zero-order valence-electron chi connectivity index (χ0n) is 10.8. The standard InChI is InChI=1S/C14H24N2O/c1-11-5-3-7-13(9-11)14(10-15)16-12(2)6-4-8-17/h3,5,7,9,12,14,16-17H,4,6,8,10,15H2,1-2H3. The van der Waals surface area contributed by atoms with Gasteiger partial charge >= 0.3 is 0 Å². The zero-order chi connectivity index (χ0) is 12.7. The highest BCUT2D eigenvalue weighted by Gasteiger charge is 2.12. The Bertz CT molecular complexity index is 328. The van der Waals surface area contributed by atoms with Gasteiger partial charge in [-0.15, -0.1) is 0 Å². The van der Waals surface area contributed by atoms with Crippen LogP contribution in [0.25, 0.3) is 0 Å². The number of rotatable bonds is 7. The second kappa shape index (κ2) is 7.43. The summed E-state index contributed by atoms with van der Waals surface area (Å²) in [6.07, 6.45) is 1.80. The van der Waals surface area contributed by atoms with Crippen molar-refractivity contribution in [3.05, 3.63) is 35.4 Å². The topological polar surface area (TPSA) is 58.3 Å². The first-order chi connectivity index (χ1) is 8.17. The van der Waals surface area contributed by atoms with Crippen molar-refractivity contribution in [2.24, 2.45) is 5.73 Å². The van der Waals surface area contributed by atoms with Crippen LogP contribution in [0.5, 0.6) is 0 Å². The van der Waals surface area contributed by atoms with Gasteiger partial charge < -0.3 is 16.2 Å². The molecule has 96 valence electrons. The van der Waals surface area contributed by atoms with Gasteiger partial charge in [-0.25, -0.2) is 0 Å². The van der Waals surface area contributed by atoms with Gasteiger partial charge in [-0.1, -0.05) is 29.8 Å². The van der Waals surface area contributed by atoms with Crippen LogP contribution >= 0.6 is 0 Å². The third-order valence-electron chi connectivity index (χ3n) is 2.96. The van der Waals surface area contributed by atoms with Gasteiger partial charge in [0.25, 0.3) is 0 Å². The van der Waals surface area contributed by atoms with E-state index in [0.717, 1.165) is 12.8 Å². The maximum atomic E-state index is 8.81. The molecule has 0 radical (unpaired) electrons. The van der Waals surface area contributed by atoms with Crippen LogP contribution < -0.4 is 11.1 Å². The number of aliphatic hydroxyl groups is 1. The Kier molecular flexibility index (Phi) is 6.19. The monoisotopic (exact) mass is 236 g/mol. The summed E-state index contributed by atoms with van der Waals surface area (Å²) >= 11 is 0. The number of aryl methyl sites for hydroxylation is 1. The highest BCUT2D eigenvalue weighted by molar-refractivity contribution is 5.25. The molecule has 1 rings (SSSR count). The van der Waals surface area contributed by atoms with Crippen LogP contribution in [0.1, 0.15) is 36.9 Å². The smallest absolute Gasteiger partial charge is 0.0446 e. The van der Waals surface area contributed by atoms with Crippen molar-refractivity contribution in [1.29, 1.82) is 0 Å². The summed E-state index contributed by atoms with van der Waals surface area (Å²) in [5.74, 6) is 0. The molecule has 1 aromatic rings. The van der Waals surface area contributed by atoms with E-state index >= 15 is 0 Å². The predicted molar refractivity (Wildman–Crippen MR) is 71.9 cm³/mol. The predicted octanol–water partition coefficient (Wildman–Crippen LogP) is 1.75. The first-order valence-corrected chi connectivity index (χ1v) is 6.31. The van der Waals surface area contributed by atoms with Crippen LogP contribution in [0.4, 0.5) is 0 Å². The summed E-state index contributed by atoms with van der Waals surface area (Å²) in [5, 5.41) is 12.3. The lowest BCUT2D eigenvalue weighted by molar-refractivity contribution is 0.274. The fourth-order valence-electron chi connectivity index (χ4n) is 2.01. The number of nitrogens with one attached hydrogen (secondary N) is 1. The molecule has 4 N–H and O–H groups in total. The van der Waals surface area contributed by atoms with Gasteiger partial charge in [0.1, 0.15) is 0 Å². The summed E-state index contributed by atoms with van der Waals surface area (Å²) in [4.78, 5) is 0. The lowest BCUT2D eigenvalue weighted by Crippen LogP contribution is -2.35. The summed E-state index contributed by atoms with van der Waals surface area (Å²) in [6, 6.07) is 9.00. The lowest BCUT2D eigenvalue weighted by atomic mass is 10.0. The highest BCUT2D eigenvalue weighted by Crippen LogP contribution is 2.15. The Hall–Kier alpha value is -0.900. The van der Waals surface area contributed by atoms with Gasteiger partial charge in [-0.3, -0.25) is 0 Å². The van der Waals surface area contributed by atoms with Crippen molar-refractivity contribution in [3.8, 4) is 0 Å². The molecule has 0 aliphatic rings. The van der Waals surface area contributed by atoms with Crippen LogP contribution in [0.15, 0.2) is 24.3 Å². The van der Waals surface area contributed by atoms with E-state index in [-0.39, 0.29) is 12.6 Å². The van der Waals surface area contributed by atoms with Crippen molar-refractivity contribution in [2.45, 2.75) is 38.8 Å². The van der Waals surface area contributed by atoms with Crippen molar-refractivity contribution in [1.82, 2.24) is 5.32 Å². The Morgan fingerprint density at radius 1 is 1.41 bits per heavy atom. The third-order valence-corrected chi connectivity index (χ3v) is 2.96. The molecular formula is C14H24N2O. The average Bonchev–Trinajstić information content (AvgIpc) is 2.33. The molecule has 0 spiro atoms. The molecule has 0 saturated carbocycles. The Balaban J connectivity index is 2.59. The van der Waals surface area contributed by atoms with Crippen LogP contribution in [0.2, 0.25) is 0 Å². The van der Waals surface area contributed by atoms with Gasteiger partial charge in [-0.05, 0) is 32.3 Å². The molecule has 2 atom stereocenters. The second-order valence-electron chi connectivity index (χ2n) is 4.64. The molecular weight excluding hydrogens is 212 g/mol. The first-order valence-electron chi connectivity index (χ1n) is 6.31. The van der Waals surface area contributed by atoms with E-state index in [0.29, 0.717) is 12.6 Å². The molecule has 0 bridgehead atoms. The fraction of sp³-hybridized carbons (Fsp3) is 0.571. The zero-order valence-corrected chi connectivity index (χ0v) is 10.8. The number of hydrogen-bond donors (Lipinski definition) is 3. The normalized spacial score (nSPS) is 14.6. The molecule has 0 heterocycles. The molecule has 2 unspecified atom stereocenters. The molecule has 1 aromatic carbocycles. The van der Waals surface area contributed by atoms with Gasteiger partial charge in [0, 0.05) is 25.2 Å². The summed E-state index contributed by atoms with van der Waals surface area (Å²) < 4.78 is 0. The molecule has 0 aliphatic heterocycles. The van der Waals surface area contributed by atoms with E-state index < -0.39 is 0 Å². The Morgan fingerprint density at radius 2 is 2.18 bits per heavy atom. The maximum absolute atomic E-state index is 8.81. The van der Waals surface area contributed by atoms with Gasteiger partial charge in [0.15, 0.2) is 0 Å². The number of hydrogen-bond acceptors (Lipinski definition) is 3. The minimum atomic E-state index is 0.198.